The van der Waals surface area contributed by atoms with Crippen LogP contribution in [0.1, 0.15) is 113 Å². The second kappa shape index (κ2) is 18.8. The number of allylic oxidation sites excluding steroid dienone is 2. The summed E-state index contributed by atoms with van der Waals surface area (Å²) >= 11 is 0. The minimum Gasteiger partial charge on any atom is -0.394 e. The second-order valence-electron chi connectivity index (χ2n) is 22.5. The van der Waals surface area contributed by atoms with Crippen molar-refractivity contribution in [3.05, 3.63) is 11.6 Å². The van der Waals surface area contributed by atoms with Crippen LogP contribution in [0.5, 0.6) is 0 Å². The highest BCUT2D eigenvalue weighted by molar-refractivity contribution is 5.20. The van der Waals surface area contributed by atoms with E-state index in [0.717, 1.165) is 37.7 Å². The van der Waals surface area contributed by atoms with Gasteiger partial charge >= 0.3 is 0 Å². The Morgan fingerprint density at radius 3 is 1.94 bits per heavy atom. The molecule has 0 radical (unpaired) electrons. The van der Waals surface area contributed by atoms with Gasteiger partial charge in [-0.25, -0.2) is 0 Å². The molecular formula is C47H80O17. The molecule has 17 nitrogen and oxygen atoms in total. The summed E-state index contributed by atoms with van der Waals surface area (Å²) in [5.74, 6) is -0.0478. The highest BCUT2D eigenvalue weighted by Crippen LogP contribution is 2.76. The molecule has 3 aliphatic heterocycles. The highest BCUT2D eigenvalue weighted by atomic mass is 16.7. The van der Waals surface area contributed by atoms with E-state index < -0.39 is 116 Å². The molecule has 4 saturated carbocycles. The number of hydrogen-bond donors (Lipinski definition) is 11. The summed E-state index contributed by atoms with van der Waals surface area (Å²) in [6.45, 7) is 16.3. The first kappa shape index (κ1) is 50.9. The molecule has 0 aromatic heterocycles. The van der Waals surface area contributed by atoms with Crippen molar-refractivity contribution in [1.82, 2.24) is 0 Å². The predicted molar refractivity (Wildman–Crippen MR) is 228 cm³/mol. The third kappa shape index (κ3) is 8.60. The number of aliphatic hydroxyl groups is 11. The Hall–Kier alpha value is -0.940. The molecule has 0 aromatic rings. The number of hydrogen-bond acceptors (Lipinski definition) is 17. The van der Waals surface area contributed by atoms with E-state index in [-0.39, 0.29) is 52.6 Å². The Kier molecular flexibility index (Phi) is 14.9. The van der Waals surface area contributed by atoms with Gasteiger partial charge in [-0.1, -0.05) is 46.3 Å². The number of rotatable bonds is 12. The summed E-state index contributed by atoms with van der Waals surface area (Å²) in [5.41, 5.74) is -0.948. The summed E-state index contributed by atoms with van der Waals surface area (Å²) < 4.78 is 36.5. The lowest BCUT2D eigenvalue weighted by Crippen LogP contribution is -2.67. The van der Waals surface area contributed by atoms with Crippen LogP contribution in [0.15, 0.2) is 11.6 Å². The molecule has 11 N–H and O–H groups in total. The smallest absolute Gasteiger partial charge is 0.187 e. The third-order valence-electron chi connectivity index (χ3n) is 18.4. The Labute approximate surface area is 377 Å². The lowest BCUT2D eigenvalue weighted by atomic mass is 9.35. The monoisotopic (exact) mass is 917 g/mol. The van der Waals surface area contributed by atoms with Gasteiger partial charge in [-0.3, -0.25) is 0 Å². The van der Waals surface area contributed by atoms with Crippen molar-refractivity contribution in [3.8, 4) is 0 Å². The molecule has 3 heterocycles. The van der Waals surface area contributed by atoms with E-state index in [1.807, 2.05) is 20.8 Å². The van der Waals surface area contributed by atoms with Gasteiger partial charge in [0.25, 0.3) is 0 Å². The lowest BCUT2D eigenvalue weighted by molar-refractivity contribution is -0.346. The molecule has 4 aliphatic carbocycles. The van der Waals surface area contributed by atoms with Gasteiger partial charge in [0, 0.05) is 0 Å². The molecule has 7 rings (SSSR count). The largest absolute Gasteiger partial charge is 0.394 e. The van der Waals surface area contributed by atoms with Gasteiger partial charge in [0.05, 0.1) is 37.6 Å². The quantitative estimate of drug-likeness (QED) is 0.0946. The standard InChI is InChI=1S/C47H80O17/c1-22(2)10-9-14-47(8,64-42-39(58)36(55)34(53)27(62-42)21-60-40-37(56)32(51)25(50)20-59-40)23-11-16-46(7)31(23)24(49)18-29-44(5)15-13-30(43(3,4)28(44)12-17-45(29,46)6)63-41-38(57)35(54)33(52)26(19-48)61-41/h10,23-42,48-58H,9,11-21H2,1-8H3/t23-,24-,25-,26-,27+,28-,29+,30-,31+,32+,33-,34+,35+,36-,37+,38+,39+,40+,41+,42-,44+,45-,46-,47+/m1/s1. The fraction of sp³-hybridized carbons (Fsp3) is 0.957. The van der Waals surface area contributed by atoms with Crippen LogP contribution in [-0.4, -0.2) is 180 Å². The molecule has 0 bridgehead atoms. The molecule has 0 aromatic carbocycles. The zero-order chi connectivity index (χ0) is 47.1. The average molecular weight is 917 g/mol. The zero-order valence-electron chi connectivity index (χ0n) is 39.0. The van der Waals surface area contributed by atoms with Gasteiger partial charge in [-0.05, 0) is 124 Å². The fourth-order valence-electron chi connectivity index (χ4n) is 14.5. The molecule has 24 atom stereocenters. The molecule has 0 spiro atoms. The van der Waals surface area contributed by atoms with E-state index in [0.29, 0.717) is 25.7 Å². The molecule has 3 saturated heterocycles. The maximum Gasteiger partial charge on any atom is 0.187 e. The topological polar surface area (TPSA) is 278 Å². The van der Waals surface area contributed by atoms with Crippen molar-refractivity contribution < 1.29 is 84.6 Å². The van der Waals surface area contributed by atoms with Gasteiger partial charge in [0.1, 0.15) is 67.1 Å². The summed E-state index contributed by atoms with van der Waals surface area (Å²) in [5, 5.41) is 118. The van der Waals surface area contributed by atoms with Gasteiger partial charge in [0.2, 0.25) is 0 Å². The van der Waals surface area contributed by atoms with Crippen molar-refractivity contribution in [2.75, 3.05) is 19.8 Å². The molecule has 64 heavy (non-hydrogen) atoms. The van der Waals surface area contributed by atoms with Crippen LogP contribution in [0, 0.1) is 45.3 Å². The fourth-order valence-corrected chi connectivity index (χ4v) is 14.5. The van der Waals surface area contributed by atoms with Crippen molar-refractivity contribution in [2.45, 2.75) is 217 Å². The van der Waals surface area contributed by atoms with Gasteiger partial charge in [-0.2, -0.15) is 0 Å². The normalized spacial score (nSPS) is 52.5. The van der Waals surface area contributed by atoms with Crippen LogP contribution in [-0.2, 0) is 28.4 Å². The van der Waals surface area contributed by atoms with Crippen molar-refractivity contribution in [3.63, 3.8) is 0 Å². The molecule has 7 aliphatic rings. The molecule has 0 unspecified atom stereocenters. The Balaban J connectivity index is 1.11. The van der Waals surface area contributed by atoms with E-state index in [2.05, 4.69) is 40.7 Å². The summed E-state index contributed by atoms with van der Waals surface area (Å²) in [7, 11) is 0. The molecule has 7 fully saturated rings. The van der Waals surface area contributed by atoms with Gasteiger partial charge < -0.3 is 84.6 Å². The van der Waals surface area contributed by atoms with Gasteiger partial charge in [0.15, 0.2) is 18.9 Å². The average Bonchev–Trinajstić information content (AvgIpc) is 3.62. The van der Waals surface area contributed by atoms with Crippen LogP contribution in [0.4, 0.5) is 0 Å². The summed E-state index contributed by atoms with van der Waals surface area (Å²) in [6, 6.07) is 0. The number of fused-ring (bicyclic) bond motifs is 5. The maximum atomic E-state index is 12.7. The Bertz CT molecular complexity index is 1630. The SMILES string of the molecule is CC(C)=CCC[C@](C)(O[C@H]1O[C@@H](CO[C@@H]2OC[C@@H](O)[C@H](O)[C@@H]2O)[C@H](O)[C@@H](O)[C@@H]1O)[C@@H]1CC[C@]2(C)[C@@H]1[C@H](O)C[C@H]1[C@@]3(C)CC[C@@H](O[C@@H]4O[C@H](CO)[C@@H](O)[C@H](O)[C@@H]4O)C(C)(C)[C@H]3CC[C@]12C. The molecule has 0 amide bonds. The van der Waals surface area contributed by atoms with Crippen LogP contribution in [0.25, 0.3) is 0 Å². The third-order valence-corrected chi connectivity index (χ3v) is 18.4. The Morgan fingerprint density at radius 2 is 1.28 bits per heavy atom. The van der Waals surface area contributed by atoms with E-state index in [4.69, 9.17) is 28.4 Å². The maximum absolute atomic E-state index is 12.7. The molecule has 17 heteroatoms. The molecule has 370 valence electrons. The van der Waals surface area contributed by atoms with E-state index in [9.17, 15) is 56.2 Å². The first-order valence-corrected chi connectivity index (χ1v) is 23.8. The van der Waals surface area contributed by atoms with Crippen LogP contribution in [0.3, 0.4) is 0 Å². The van der Waals surface area contributed by atoms with Crippen LogP contribution in [0.2, 0.25) is 0 Å². The van der Waals surface area contributed by atoms with Crippen molar-refractivity contribution in [1.29, 1.82) is 0 Å². The minimum atomic E-state index is -1.68. The molecular weight excluding hydrogens is 836 g/mol. The summed E-state index contributed by atoms with van der Waals surface area (Å²) in [4.78, 5) is 0. The van der Waals surface area contributed by atoms with Crippen LogP contribution >= 0.6 is 0 Å². The first-order chi connectivity index (χ1) is 29.9. The van der Waals surface area contributed by atoms with Crippen molar-refractivity contribution in [2.24, 2.45) is 45.3 Å². The van der Waals surface area contributed by atoms with Crippen molar-refractivity contribution >= 4 is 0 Å². The predicted octanol–water partition coefficient (Wildman–Crippen LogP) is 0.612. The minimum absolute atomic E-state index is 0.149. The number of ether oxygens (including phenoxy) is 6. The van der Waals surface area contributed by atoms with Gasteiger partial charge in [-0.15, -0.1) is 0 Å². The summed E-state index contributed by atoms with van der Waals surface area (Å²) in [6.07, 6.45) is -12.4. The van der Waals surface area contributed by atoms with Crippen LogP contribution < -0.4 is 0 Å². The van der Waals surface area contributed by atoms with E-state index >= 15 is 0 Å². The van der Waals surface area contributed by atoms with E-state index in [1.54, 1.807) is 0 Å². The Morgan fingerprint density at radius 1 is 0.672 bits per heavy atom. The zero-order valence-corrected chi connectivity index (χ0v) is 39.0. The highest BCUT2D eigenvalue weighted by Gasteiger charge is 2.72. The number of aliphatic hydroxyl groups excluding tert-OH is 11. The second-order valence-corrected chi connectivity index (χ2v) is 22.5. The first-order valence-electron chi connectivity index (χ1n) is 23.8. The van der Waals surface area contributed by atoms with E-state index in [1.165, 1.54) is 0 Å². The lowest BCUT2D eigenvalue weighted by Gasteiger charge is -2.71.